The van der Waals surface area contributed by atoms with Gasteiger partial charge in [0.05, 0.1) is 17.0 Å². The maximum absolute atomic E-state index is 5.30. The minimum atomic E-state index is -0.0324. The molecular formula is C13H11N7OS. The number of fused-ring (bicyclic) bond motifs is 1. The van der Waals surface area contributed by atoms with Crippen molar-refractivity contribution in [1.82, 2.24) is 34.7 Å². The van der Waals surface area contributed by atoms with E-state index in [0.717, 1.165) is 10.7 Å². The third-order valence-electron chi connectivity index (χ3n) is 3.10. The standard InChI is InChI=1S/C13H11N7OS/c1-8(12-17-11(19-21-12)10-15-7-16-18-10)22-13-14-6-9-4-2-3-5-20(9)13/h2-8H,1H3,(H,15,16,18). The summed E-state index contributed by atoms with van der Waals surface area (Å²) in [5, 5.41) is 11.2. The average Bonchev–Trinajstić information content (AvgIpc) is 3.28. The first-order valence-electron chi connectivity index (χ1n) is 6.59. The topological polar surface area (TPSA) is 97.8 Å². The van der Waals surface area contributed by atoms with E-state index in [-0.39, 0.29) is 5.25 Å². The van der Waals surface area contributed by atoms with Crippen LogP contribution in [0.15, 0.2) is 46.6 Å². The van der Waals surface area contributed by atoms with Crippen molar-refractivity contribution in [1.29, 1.82) is 0 Å². The summed E-state index contributed by atoms with van der Waals surface area (Å²) in [5.74, 6) is 1.40. The van der Waals surface area contributed by atoms with Gasteiger partial charge < -0.3 is 4.52 Å². The van der Waals surface area contributed by atoms with Gasteiger partial charge in [0.15, 0.2) is 11.0 Å². The quantitative estimate of drug-likeness (QED) is 0.577. The van der Waals surface area contributed by atoms with Gasteiger partial charge in [0.25, 0.3) is 0 Å². The Morgan fingerprint density at radius 3 is 3.14 bits per heavy atom. The Hall–Kier alpha value is -2.68. The first-order chi connectivity index (χ1) is 10.8. The Kier molecular flexibility index (Phi) is 3.11. The lowest BCUT2D eigenvalue weighted by atomic mass is 10.4. The van der Waals surface area contributed by atoms with Crippen molar-refractivity contribution in [2.75, 3.05) is 0 Å². The predicted molar refractivity (Wildman–Crippen MR) is 79.1 cm³/mol. The summed E-state index contributed by atoms with van der Waals surface area (Å²) in [5.41, 5.74) is 1.05. The van der Waals surface area contributed by atoms with Crippen LogP contribution in [-0.4, -0.2) is 34.7 Å². The smallest absolute Gasteiger partial charge is 0.240 e. The van der Waals surface area contributed by atoms with Crippen molar-refractivity contribution in [3.05, 3.63) is 42.8 Å². The van der Waals surface area contributed by atoms with Crippen LogP contribution in [0.25, 0.3) is 17.2 Å². The molecule has 0 spiro atoms. The van der Waals surface area contributed by atoms with Crippen LogP contribution < -0.4 is 0 Å². The zero-order valence-corrected chi connectivity index (χ0v) is 12.4. The van der Waals surface area contributed by atoms with Gasteiger partial charge >= 0.3 is 0 Å². The predicted octanol–water partition coefficient (Wildman–Crippen LogP) is 2.36. The number of rotatable bonds is 4. The molecule has 0 aromatic carbocycles. The van der Waals surface area contributed by atoms with Crippen molar-refractivity contribution >= 4 is 17.3 Å². The number of pyridine rings is 1. The van der Waals surface area contributed by atoms with E-state index in [4.69, 9.17) is 4.52 Å². The summed E-state index contributed by atoms with van der Waals surface area (Å²) < 4.78 is 7.33. The Morgan fingerprint density at radius 1 is 1.32 bits per heavy atom. The molecule has 4 aromatic rings. The molecule has 0 radical (unpaired) electrons. The van der Waals surface area contributed by atoms with Crippen LogP contribution in [0.5, 0.6) is 0 Å². The van der Waals surface area contributed by atoms with Gasteiger partial charge in [-0.2, -0.15) is 10.1 Å². The molecule has 4 rings (SSSR count). The molecule has 0 saturated carbocycles. The molecule has 0 bridgehead atoms. The normalized spacial score (nSPS) is 12.8. The summed E-state index contributed by atoms with van der Waals surface area (Å²) in [6, 6.07) is 5.96. The molecule has 1 N–H and O–H groups in total. The minimum Gasteiger partial charge on any atom is -0.338 e. The number of thioether (sulfide) groups is 1. The van der Waals surface area contributed by atoms with E-state index in [2.05, 4.69) is 30.3 Å². The lowest BCUT2D eigenvalue weighted by molar-refractivity contribution is 0.380. The van der Waals surface area contributed by atoms with E-state index in [1.807, 2.05) is 41.9 Å². The SMILES string of the molecule is CC(Sc1ncc2ccccn12)c1nc(-c2ncn[nH]2)no1. The maximum Gasteiger partial charge on any atom is 0.240 e. The molecule has 0 aliphatic carbocycles. The monoisotopic (exact) mass is 313 g/mol. The third kappa shape index (κ3) is 2.25. The molecule has 0 fully saturated rings. The third-order valence-corrected chi connectivity index (χ3v) is 4.17. The van der Waals surface area contributed by atoms with Crippen molar-refractivity contribution in [3.8, 4) is 11.6 Å². The van der Waals surface area contributed by atoms with Crippen LogP contribution in [0.4, 0.5) is 0 Å². The number of hydrogen-bond acceptors (Lipinski definition) is 7. The van der Waals surface area contributed by atoms with Gasteiger partial charge in [-0.05, 0) is 19.1 Å². The van der Waals surface area contributed by atoms with E-state index < -0.39 is 0 Å². The zero-order chi connectivity index (χ0) is 14.9. The number of H-pyrrole nitrogens is 1. The number of nitrogens with zero attached hydrogens (tertiary/aromatic N) is 6. The largest absolute Gasteiger partial charge is 0.338 e. The fourth-order valence-electron chi connectivity index (χ4n) is 2.02. The fraction of sp³-hybridized carbons (Fsp3) is 0.154. The van der Waals surface area contributed by atoms with Crippen LogP contribution in [0.3, 0.4) is 0 Å². The van der Waals surface area contributed by atoms with E-state index in [9.17, 15) is 0 Å². The number of aromatic amines is 1. The average molecular weight is 313 g/mol. The van der Waals surface area contributed by atoms with Crippen molar-refractivity contribution < 1.29 is 4.52 Å². The first-order valence-corrected chi connectivity index (χ1v) is 7.47. The summed E-state index contributed by atoms with van der Waals surface area (Å²) in [6.07, 6.45) is 5.22. The molecule has 110 valence electrons. The first kappa shape index (κ1) is 13.0. The zero-order valence-electron chi connectivity index (χ0n) is 11.5. The van der Waals surface area contributed by atoms with Crippen molar-refractivity contribution in [2.45, 2.75) is 17.3 Å². The van der Waals surface area contributed by atoms with Gasteiger partial charge in [-0.25, -0.2) is 9.97 Å². The van der Waals surface area contributed by atoms with Gasteiger partial charge in [-0.1, -0.05) is 23.0 Å². The highest BCUT2D eigenvalue weighted by molar-refractivity contribution is 7.99. The maximum atomic E-state index is 5.30. The number of aromatic nitrogens is 7. The molecule has 0 aliphatic rings. The van der Waals surface area contributed by atoms with E-state index in [1.165, 1.54) is 6.33 Å². The molecule has 0 amide bonds. The van der Waals surface area contributed by atoms with Gasteiger partial charge in [0.2, 0.25) is 11.7 Å². The lowest BCUT2D eigenvalue weighted by Crippen LogP contribution is -1.93. The van der Waals surface area contributed by atoms with Crippen LogP contribution in [0.2, 0.25) is 0 Å². The molecule has 9 heteroatoms. The Bertz CT molecular complexity index is 898. The highest BCUT2D eigenvalue weighted by atomic mass is 32.2. The fourth-order valence-corrected chi connectivity index (χ4v) is 2.93. The summed E-state index contributed by atoms with van der Waals surface area (Å²) >= 11 is 1.55. The van der Waals surface area contributed by atoms with Crippen LogP contribution in [-0.2, 0) is 0 Å². The van der Waals surface area contributed by atoms with Crippen LogP contribution in [0, 0.1) is 0 Å². The summed E-state index contributed by atoms with van der Waals surface area (Å²) in [4.78, 5) is 12.8. The molecule has 4 heterocycles. The second-order valence-electron chi connectivity index (χ2n) is 4.59. The van der Waals surface area contributed by atoms with E-state index in [0.29, 0.717) is 17.5 Å². The Labute approximate surface area is 129 Å². The van der Waals surface area contributed by atoms with E-state index >= 15 is 0 Å². The van der Waals surface area contributed by atoms with Crippen LogP contribution in [0.1, 0.15) is 18.1 Å². The van der Waals surface area contributed by atoms with Gasteiger partial charge in [-0.3, -0.25) is 9.50 Å². The van der Waals surface area contributed by atoms with E-state index in [1.54, 1.807) is 11.8 Å². The minimum absolute atomic E-state index is 0.0324. The Morgan fingerprint density at radius 2 is 2.27 bits per heavy atom. The molecule has 4 aromatic heterocycles. The summed E-state index contributed by atoms with van der Waals surface area (Å²) in [6.45, 7) is 1.99. The molecule has 1 atom stereocenters. The second-order valence-corrected chi connectivity index (χ2v) is 5.89. The van der Waals surface area contributed by atoms with Crippen LogP contribution >= 0.6 is 11.8 Å². The highest BCUT2D eigenvalue weighted by Gasteiger charge is 2.19. The van der Waals surface area contributed by atoms with Gasteiger partial charge in [0.1, 0.15) is 6.33 Å². The molecular weight excluding hydrogens is 302 g/mol. The number of hydrogen-bond donors (Lipinski definition) is 1. The molecule has 8 nitrogen and oxygen atoms in total. The van der Waals surface area contributed by atoms with Gasteiger partial charge in [0, 0.05) is 6.20 Å². The molecule has 0 aliphatic heterocycles. The number of nitrogens with one attached hydrogen (secondary N) is 1. The molecule has 1 unspecified atom stereocenters. The van der Waals surface area contributed by atoms with Gasteiger partial charge in [-0.15, -0.1) is 0 Å². The summed E-state index contributed by atoms with van der Waals surface area (Å²) in [7, 11) is 0. The van der Waals surface area contributed by atoms with Crippen molar-refractivity contribution in [3.63, 3.8) is 0 Å². The molecule has 22 heavy (non-hydrogen) atoms. The number of imidazole rings is 1. The Balaban J connectivity index is 1.58. The highest BCUT2D eigenvalue weighted by Crippen LogP contribution is 2.33. The second kappa shape index (κ2) is 5.26. The van der Waals surface area contributed by atoms with Crippen molar-refractivity contribution in [2.24, 2.45) is 0 Å². The molecule has 0 saturated heterocycles. The lowest BCUT2D eigenvalue weighted by Gasteiger charge is -2.05.